The van der Waals surface area contributed by atoms with Crippen molar-refractivity contribution in [1.29, 1.82) is 0 Å². The summed E-state index contributed by atoms with van der Waals surface area (Å²) >= 11 is 6.11. The fourth-order valence-electron chi connectivity index (χ4n) is 2.30. The summed E-state index contributed by atoms with van der Waals surface area (Å²) in [5.74, 6) is -1.25. The molecule has 0 radical (unpaired) electrons. The van der Waals surface area contributed by atoms with Gasteiger partial charge in [-0.3, -0.25) is 4.79 Å². The van der Waals surface area contributed by atoms with Crippen LogP contribution in [-0.4, -0.2) is 11.1 Å². The summed E-state index contributed by atoms with van der Waals surface area (Å²) < 4.78 is 0. The highest BCUT2D eigenvalue weighted by Gasteiger charge is 2.19. The Morgan fingerprint density at radius 3 is 2.55 bits per heavy atom. The molecule has 0 saturated heterocycles. The van der Waals surface area contributed by atoms with Crippen LogP contribution in [0.5, 0.6) is 0 Å². The maximum atomic E-state index is 11.5. The van der Waals surface area contributed by atoms with Crippen LogP contribution in [0.3, 0.4) is 0 Å². The largest absolute Gasteiger partial charge is 0.481 e. The number of aryl methyl sites for hydroxylation is 1. The fraction of sp³-hybridized carbons (Fsp3) is 0.235. The minimum atomic E-state index is -0.786. The zero-order chi connectivity index (χ0) is 14.5. The van der Waals surface area contributed by atoms with Crippen molar-refractivity contribution in [1.82, 2.24) is 0 Å². The normalized spacial score (nSPS) is 12.1. The lowest BCUT2D eigenvalue weighted by molar-refractivity contribution is -0.141. The molecule has 0 aliphatic rings. The Morgan fingerprint density at radius 1 is 1.15 bits per heavy atom. The molecule has 20 heavy (non-hydrogen) atoms. The van der Waals surface area contributed by atoms with Crippen LogP contribution in [0.1, 0.15) is 16.7 Å². The lowest BCUT2D eigenvalue weighted by Gasteiger charge is -2.14. The molecule has 0 aromatic heterocycles. The van der Waals surface area contributed by atoms with Crippen molar-refractivity contribution in [3.63, 3.8) is 0 Å². The van der Waals surface area contributed by atoms with Crippen LogP contribution in [0.15, 0.2) is 48.5 Å². The molecule has 0 fully saturated rings. The van der Waals surface area contributed by atoms with E-state index in [9.17, 15) is 9.90 Å². The first-order valence-electron chi connectivity index (χ1n) is 6.58. The van der Waals surface area contributed by atoms with Crippen molar-refractivity contribution in [2.75, 3.05) is 0 Å². The monoisotopic (exact) mass is 288 g/mol. The number of halogens is 1. The van der Waals surface area contributed by atoms with Gasteiger partial charge in [-0.2, -0.15) is 0 Å². The first-order chi connectivity index (χ1) is 9.56. The minimum Gasteiger partial charge on any atom is -0.481 e. The topological polar surface area (TPSA) is 37.3 Å². The molecule has 1 atom stereocenters. The first-order valence-corrected chi connectivity index (χ1v) is 6.96. The van der Waals surface area contributed by atoms with E-state index in [1.807, 2.05) is 49.4 Å². The number of hydrogen-bond acceptors (Lipinski definition) is 1. The molecule has 0 amide bonds. The molecule has 0 bridgehead atoms. The van der Waals surface area contributed by atoms with Gasteiger partial charge in [0.05, 0.1) is 5.92 Å². The Hall–Kier alpha value is -1.80. The Balaban J connectivity index is 2.16. The third-order valence-electron chi connectivity index (χ3n) is 3.34. The van der Waals surface area contributed by atoms with E-state index in [-0.39, 0.29) is 0 Å². The molecular formula is C17H17ClO2. The molecule has 0 heterocycles. The van der Waals surface area contributed by atoms with Gasteiger partial charge in [-0.05, 0) is 37.0 Å². The van der Waals surface area contributed by atoms with Gasteiger partial charge in [0, 0.05) is 5.02 Å². The average Bonchev–Trinajstić information content (AvgIpc) is 2.40. The second-order valence-corrected chi connectivity index (χ2v) is 5.43. The van der Waals surface area contributed by atoms with Crippen LogP contribution in [0, 0.1) is 12.8 Å². The smallest absolute Gasteiger partial charge is 0.307 e. The standard InChI is InChI=1S/C17H17ClO2/c1-12-5-4-6-13(9-12)10-15(17(19)20)11-14-7-2-3-8-16(14)18/h2-9,15H,10-11H2,1H3,(H,19,20). The zero-order valence-corrected chi connectivity index (χ0v) is 12.1. The van der Waals surface area contributed by atoms with Crippen molar-refractivity contribution in [2.45, 2.75) is 19.8 Å². The van der Waals surface area contributed by atoms with E-state index in [1.165, 1.54) is 0 Å². The quantitative estimate of drug-likeness (QED) is 0.898. The van der Waals surface area contributed by atoms with Gasteiger partial charge in [0.1, 0.15) is 0 Å². The Morgan fingerprint density at radius 2 is 1.90 bits per heavy atom. The molecule has 3 heteroatoms. The van der Waals surface area contributed by atoms with E-state index in [4.69, 9.17) is 11.6 Å². The van der Waals surface area contributed by atoms with E-state index in [1.54, 1.807) is 6.07 Å². The molecule has 2 rings (SSSR count). The second-order valence-electron chi connectivity index (χ2n) is 5.02. The number of benzene rings is 2. The third-order valence-corrected chi connectivity index (χ3v) is 3.71. The fourth-order valence-corrected chi connectivity index (χ4v) is 2.51. The SMILES string of the molecule is Cc1cccc(CC(Cc2ccccc2Cl)C(=O)O)c1. The van der Waals surface area contributed by atoms with Gasteiger partial charge >= 0.3 is 5.97 Å². The Kier molecular flexibility index (Phi) is 4.80. The molecule has 2 aromatic rings. The average molecular weight is 289 g/mol. The van der Waals surface area contributed by atoms with Crippen LogP contribution in [-0.2, 0) is 17.6 Å². The van der Waals surface area contributed by atoms with Gasteiger partial charge in [-0.15, -0.1) is 0 Å². The highest BCUT2D eigenvalue weighted by molar-refractivity contribution is 6.31. The summed E-state index contributed by atoms with van der Waals surface area (Å²) in [5, 5.41) is 10.0. The molecule has 0 aliphatic carbocycles. The van der Waals surface area contributed by atoms with E-state index < -0.39 is 11.9 Å². The van der Waals surface area contributed by atoms with Crippen molar-refractivity contribution in [2.24, 2.45) is 5.92 Å². The van der Waals surface area contributed by atoms with E-state index in [0.717, 1.165) is 16.7 Å². The van der Waals surface area contributed by atoms with Gasteiger partial charge in [-0.25, -0.2) is 0 Å². The van der Waals surface area contributed by atoms with Crippen molar-refractivity contribution >= 4 is 17.6 Å². The number of carboxylic acid groups (broad SMARTS) is 1. The molecule has 0 aliphatic heterocycles. The van der Waals surface area contributed by atoms with E-state index >= 15 is 0 Å². The van der Waals surface area contributed by atoms with Gasteiger partial charge in [0.25, 0.3) is 0 Å². The summed E-state index contributed by atoms with van der Waals surface area (Å²) in [5.41, 5.74) is 3.07. The number of carbonyl (C=O) groups is 1. The van der Waals surface area contributed by atoms with Gasteiger partial charge in [0.15, 0.2) is 0 Å². The predicted molar refractivity (Wildman–Crippen MR) is 81.2 cm³/mol. The summed E-state index contributed by atoms with van der Waals surface area (Å²) in [6, 6.07) is 15.4. The van der Waals surface area contributed by atoms with Gasteiger partial charge in [0.2, 0.25) is 0 Å². The Bertz CT molecular complexity index is 607. The van der Waals surface area contributed by atoms with E-state index in [0.29, 0.717) is 17.9 Å². The highest BCUT2D eigenvalue weighted by Crippen LogP contribution is 2.21. The maximum Gasteiger partial charge on any atom is 0.307 e. The number of carboxylic acids is 1. The molecule has 0 spiro atoms. The van der Waals surface area contributed by atoms with Crippen molar-refractivity contribution in [3.8, 4) is 0 Å². The molecule has 104 valence electrons. The zero-order valence-electron chi connectivity index (χ0n) is 11.3. The first kappa shape index (κ1) is 14.6. The predicted octanol–water partition coefficient (Wildman–Crippen LogP) is 4.13. The molecule has 1 unspecified atom stereocenters. The summed E-state index contributed by atoms with van der Waals surface area (Å²) in [6.07, 6.45) is 0.963. The number of aliphatic carboxylic acids is 1. The van der Waals surface area contributed by atoms with Crippen LogP contribution in [0.2, 0.25) is 5.02 Å². The number of rotatable bonds is 5. The summed E-state index contributed by atoms with van der Waals surface area (Å²) in [7, 11) is 0. The number of hydrogen-bond donors (Lipinski definition) is 1. The van der Waals surface area contributed by atoms with Crippen LogP contribution in [0.4, 0.5) is 0 Å². The highest BCUT2D eigenvalue weighted by atomic mass is 35.5. The lowest BCUT2D eigenvalue weighted by Crippen LogP contribution is -2.19. The molecule has 2 aromatic carbocycles. The lowest BCUT2D eigenvalue weighted by atomic mass is 9.92. The molecule has 1 N–H and O–H groups in total. The van der Waals surface area contributed by atoms with Crippen LogP contribution < -0.4 is 0 Å². The van der Waals surface area contributed by atoms with E-state index in [2.05, 4.69) is 0 Å². The van der Waals surface area contributed by atoms with Crippen molar-refractivity contribution < 1.29 is 9.90 Å². The molecule has 2 nitrogen and oxygen atoms in total. The Labute approximate surface area is 124 Å². The molecule has 0 saturated carbocycles. The minimum absolute atomic E-state index is 0.447. The van der Waals surface area contributed by atoms with Gasteiger partial charge < -0.3 is 5.11 Å². The second kappa shape index (κ2) is 6.58. The maximum absolute atomic E-state index is 11.5. The molecular weight excluding hydrogens is 272 g/mol. The van der Waals surface area contributed by atoms with Crippen LogP contribution in [0.25, 0.3) is 0 Å². The summed E-state index contributed by atoms with van der Waals surface area (Å²) in [6.45, 7) is 2.01. The van der Waals surface area contributed by atoms with Crippen LogP contribution >= 0.6 is 11.6 Å². The third kappa shape index (κ3) is 3.84. The van der Waals surface area contributed by atoms with Gasteiger partial charge in [-0.1, -0.05) is 59.6 Å². The van der Waals surface area contributed by atoms with Crippen molar-refractivity contribution in [3.05, 3.63) is 70.2 Å². The summed E-state index contributed by atoms with van der Waals surface area (Å²) in [4.78, 5) is 11.5.